The number of hydrogen-bond acceptors (Lipinski definition) is 2. The van der Waals surface area contributed by atoms with Gasteiger partial charge in [0.1, 0.15) is 0 Å². The molecule has 1 heterocycles. The molecule has 1 N–H and O–H groups in total. The second kappa shape index (κ2) is 3.66. The fourth-order valence-corrected chi connectivity index (χ4v) is 2.08. The summed E-state index contributed by atoms with van der Waals surface area (Å²) in [7, 11) is 0. The average molecular weight is 269 g/mol. The van der Waals surface area contributed by atoms with Crippen molar-refractivity contribution in [2.75, 3.05) is 0 Å². The Morgan fingerprint density at radius 2 is 2.13 bits per heavy atom. The predicted octanol–water partition coefficient (Wildman–Crippen LogP) is 1.47. The van der Waals surface area contributed by atoms with Gasteiger partial charge in [-0.3, -0.25) is 9.36 Å². The molecule has 0 spiro atoms. The Labute approximate surface area is 93.7 Å². The minimum atomic E-state index is -0.367. The average Bonchev–Trinajstić information content (AvgIpc) is 2.17. The molecule has 0 aliphatic carbocycles. The smallest absolute Gasteiger partial charge is 0.307 e. The van der Waals surface area contributed by atoms with Crippen molar-refractivity contribution in [3.8, 4) is 0 Å². The Hall–Kier alpha value is -1.36. The molecule has 0 bridgehead atoms. The lowest BCUT2D eigenvalue weighted by Crippen LogP contribution is -2.34. The van der Waals surface area contributed by atoms with Gasteiger partial charge in [-0.1, -0.05) is 6.07 Å². The monoisotopic (exact) mass is 268 g/mol. The lowest BCUT2D eigenvalue weighted by atomic mass is 10.2. The summed E-state index contributed by atoms with van der Waals surface area (Å²) in [6.07, 6.45) is 0. The Bertz CT molecular complexity index is 627. The summed E-state index contributed by atoms with van der Waals surface area (Å²) in [6.45, 7) is 2.13. The molecule has 4 nitrogen and oxygen atoms in total. The second-order valence-corrected chi connectivity index (χ2v) is 4.00. The zero-order chi connectivity index (χ0) is 11.0. The number of hydrogen-bond donors (Lipinski definition) is 1. The molecule has 2 rings (SSSR count). The molecular weight excluding hydrogens is 260 g/mol. The highest BCUT2D eigenvalue weighted by molar-refractivity contribution is 9.10. The summed E-state index contributed by atoms with van der Waals surface area (Å²) in [5, 5.41) is 0.513. The fourth-order valence-electron chi connectivity index (χ4n) is 1.54. The number of nitrogens with zero attached hydrogens (tertiary/aromatic N) is 1. The minimum Gasteiger partial charge on any atom is -0.307 e. The van der Waals surface area contributed by atoms with E-state index in [2.05, 4.69) is 20.9 Å². The summed E-state index contributed by atoms with van der Waals surface area (Å²) in [6, 6.07) is 5.27. The third kappa shape index (κ3) is 1.52. The van der Waals surface area contributed by atoms with Gasteiger partial charge in [-0.25, -0.2) is 4.79 Å². The summed E-state index contributed by atoms with van der Waals surface area (Å²) >= 11 is 3.30. The molecule has 0 unspecified atom stereocenters. The van der Waals surface area contributed by atoms with Crippen molar-refractivity contribution in [3.63, 3.8) is 0 Å². The van der Waals surface area contributed by atoms with Crippen molar-refractivity contribution < 1.29 is 0 Å². The van der Waals surface area contributed by atoms with Crippen LogP contribution in [0.15, 0.2) is 32.3 Å². The van der Waals surface area contributed by atoms with E-state index in [4.69, 9.17) is 0 Å². The van der Waals surface area contributed by atoms with E-state index < -0.39 is 0 Å². The highest BCUT2D eigenvalue weighted by Crippen LogP contribution is 2.17. The number of nitrogens with one attached hydrogen (secondary N) is 1. The Morgan fingerprint density at radius 3 is 2.80 bits per heavy atom. The first-order chi connectivity index (χ1) is 7.15. The van der Waals surface area contributed by atoms with E-state index in [0.29, 0.717) is 21.9 Å². The molecule has 0 aliphatic rings. The molecule has 0 saturated carbocycles. The van der Waals surface area contributed by atoms with Gasteiger partial charge in [0.2, 0.25) is 0 Å². The number of aromatic amines is 1. The molecule has 1 aromatic carbocycles. The van der Waals surface area contributed by atoms with Gasteiger partial charge in [0, 0.05) is 11.0 Å². The molecule has 78 valence electrons. The van der Waals surface area contributed by atoms with E-state index in [-0.39, 0.29) is 11.2 Å². The van der Waals surface area contributed by atoms with Crippen LogP contribution in [-0.2, 0) is 6.54 Å². The Balaban J connectivity index is 3.06. The van der Waals surface area contributed by atoms with Crippen molar-refractivity contribution in [2.24, 2.45) is 0 Å². The van der Waals surface area contributed by atoms with Crippen LogP contribution in [0, 0.1) is 0 Å². The number of benzene rings is 1. The van der Waals surface area contributed by atoms with Gasteiger partial charge in [-0.2, -0.15) is 0 Å². The maximum Gasteiger partial charge on any atom is 0.328 e. The van der Waals surface area contributed by atoms with Crippen LogP contribution < -0.4 is 11.2 Å². The molecule has 1 aromatic heterocycles. The third-order valence-electron chi connectivity index (χ3n) is 2.28. The minimum absolute atomic E-state index is 0.260. The topological polar surface area (TPSA) is 54.9 Å². The zero-order valence-electron chi connectivity index (χ0n) is 8.08. The van der Waals surface area contributed by atoms with Crippen LogP contribution in [0.25, 0.3) is 10.9 Å². The van der Waals surface area contributed by atoms with Crippen molar-refractivity contribution in [1.82, 2.24) is 9.55 Å². The Morgan fingerprint density at radius 1 is 1.40 bits per heavy atom. The van der Waals surface area contributed by atoms with Gasteiger partial charge in [0.15, 0.2) is 0 Å². The largest absolute Gasteiger partial charge is 0.328 e. The molecule has 0 fully saturated rings. The quantitative estimate of drug-likeness (QED) is 0.852. The van der Waals surface area contributed by atoms with E-state index in [0.717, 1.165) is 0 Å². The van der Waals surface area contributed by atoms with Crippen molar-refractivity contribution >= 4 is 26.8 Å². The lowest BCUT2D eigenvalue weighted by molar-refractivity contribution is 0.684. The lowest BCUT2D eigenvalue weighted by Gasteiger charge is -2.04. The zero-order valence-corrected chi connectivity index (χ0v) is 9.67. The first-order valence-corrected chi connectivity index (χ1v) is 5.35. The van der Waals surface area contributed by atoms with E-state index in [9.17, 15) is 9.59 Å². The van der Waals surface area contributed by atoms with Crippen LogP contribution in [0.4, 0.5) is 0 Å². The van der Waals surface area contributed by atoms with Crippen LogP contribution in [0.3, 0.4) is 0 Å². The summed E-state index contributed by atoms with van der Waals surface area (Å²) in [5.74, 6) is 0. The molecule has 2 aromatic rings. The molecule has 0 saturated heterocycles. The number of H-pyrrole nitrogens is 1. The number of halogens is 1. The SMILES string of the molecule is CCn1c(=O)[nH]c2cccc(Br)c2c1=O. The van der Waals surface area contributed by atoms with Crippen LogP contribution in [0.1, 0.15) is 6.92 Å². The van der Waals surface area contributed by atoms with Crippen LogP contribution >= 0.6 is 15.9 Å². The fraction of sp³-hybridized carbons (Fsp3) is 0.200. The number of rotatable bonds is 1. The van der Waals surface area contributed by atoms with E-state index in [1.54, 1.807) is 25.1 Å². The normalized spacial score (nSPS) is 10.8. The second-order valence-electron chi connectivity index (χ2n) is 3.14. The first-order valence-electron chi connectivity index (χ1n) is 4.56. The van der Waals surface area contributed by atoms with Crippen LogP contribution in [-0.4, -0.2) is 9.55 Å². The third-order valence-corrected chi connectivity index (χ3v) is 2.94. The Kier molecular flexibility index (Phi) is 2.48. The first kappa shape index (κ1) is 10.2. The van der Waals surface area contributed by atoms with Gasteiger partial charge >= 0.3 is 5.69 Å². The van der Waals surface area contributed by atoms with E-state index in [1.807, 2.05) is 0 Å². The molecule has 0 aliphatic heterocycles. The predicted molar refractivity (Wildman–Crippen MR) is 62.2 cm³/mol. The highest BCUT2D eigenvalue weighted by atomic mass is 79.9. The van der Waals surface area contributed by atoms with Crippen molar-refractivity contribution in [2.45, 2.75) is 13.5 Å². The molecule has 5 heteroatoms. The molecular formula is C10H9BrN2O2. The molecule has 15 heavy (non-hydrogen) atoms. The maximum atomic E-state index is 11.9. The van der Waals surface area contributed by atoms with E-state index >= 15 is 0 Å². The van der Waals surface area contributed by atoms with Crippen molar-refractivity contribution in [3.05, 3.63) is 43.5 Å². The van der Waals surface area contributed by atoms with Gasteiger partial charge in [0.05, 0.1) is 10.9 Å². The standard InChI is InChI=1S/C10H9BrN2O2/c1-2-13-9(14)8-6(11)4-3-5-7(8)12-10(13)15/h3-5H,2H2,1H3,(H,12,15). The van der Waals surface area contributed by atoms with Crippen molar-refractivity contribution in [1.29, 1.82) is 0 Å². The van der Waals surface area contributed by atoms with Gasteiger partial charge in [-0.15, -0.1) is 0 Å². The number of aromatic nitrogens is 2. The van der Waals surface area contributed by atoms with E-state index in [1.165, 1.54) is 4.57 Å². The molecule has 0 radical (unpaired) electrons. The summed E-state index contributed by atoms with van der Waals surface area (Å²) in [5.41, 5.74) is -0.0686. The van der Waals surface area contributed by atoms with Crippen LogP contribution in [0.2, 0.25) is 0 Å². The molecule has 0 atom stereocenters. The van der Waals surface area contributed by atoms with Crippen LogP contribution in [0.5, 0.6) is 0 Å². The van der Waals surface area contributed by atoms with Gasteiger partial charge in [-0.05, 0) is 35.0 Å². The van der Waals surface area contributed by atoms with Gasteiger partial charge in [0.25, 0.3) is 5.56 Å². The van der Waals surface area contributed by atoms with Gasteiger partial charge < -0.3 is 4.98 Å². The highest BCUT2D eigenvalue weighted by Gasteiger charge is 2.08. The maximum absolute atomic E-state index is 11.9. The summed E-state index contributed by atoms with van der Waals surface area (Å²) in [4.78, 5) is 26.1. The molecule has 0 amide bonds. The summed E-state index contributed by atoms with van der Waals surface area (Å²) < 4.78 is 1.87. The number of fused-ring (bicyclic) bond motifs is 1.